The number of nitrogens with zero attached hydrogens (tertiary/aromatic N) is 3. The molecule has 1 aliphatic rings. The Morgan fingerprint density at radius 2 is 2.17 bits per heavy atom. The van der Waals surface area contributed by atoms with E-state index in [4.69, 9.17) is 11.6 Å². The molecule has 3 unspecified atom stereocenters. The van der Waals surface area contributed by atoms with Crippen LogP contribution in [0.4, 0.5) is 0 Å². The van der Waals surface area contributed by atoms with E-state index in [0.717, 1.165) is 19.3 Å². The molecule has 3 nitrogen and oxygen atoms in total. The van der Waals surface area contributed by atoms with Gasteiger partial charge in [0.05, 0.1) is 29.2 Å². The third-order valence-corrected chi connectivity index (χ3v) is 4.31. The summed E-state index contributed by atoms with van der Waals surface area (Å²) in [6.45, 7) is 6.83. The van der Waals surface area contributed by atoms with Crippen LogP contribution in [0.15, 0.2) is 12.4 Å². The van der Waals surface area contributed by atoms with E-state index in [9.17, 15) is 5.26 Å². The smallest absolute Gasteiger partial charge is 0.0785 e. The van der Waals surface area contributed by atoms with Gasteiger partial charge in [-0.25, -0.2) is 0 Å². The molecule has 0 bridgehead atoms. The van der Waals surface area contributed by atoms with Crippen molar-refractivity contribution in [2.45, 2.75) is 46.1 Å². The molecule has 18 heavy (non-hydrogen) atoms. The van der Waals surface area contributed by atoms with Crippen LogP contribution in [0.1, 0.15) is 46.1 Å². The van der Waals surface area contributed by atoms with Gasteiger partial charge in [0.15, 0.2) is 0 Å². The van der Waals surface area contributed by atoms with E-state index in [0.29, 0.717) is 10.9 Å². The van der Waals surface area contributed by atoms with Crippen LogP contribution < -0.4 is 0 Å². The molecule has 1 aromatic heterocycles. The molecule has 3 atom stereocenters. The molecular weight excluding hydrogens is 246 g/mol. The topological polar surface area (TPSA) is 41.6 Å². The molecule has 0 spiro atoms. The van der Waals surface area contributed by atoms with Crippen molar-refractivity contribution in [2.24, 2.45) is 17.3 Å². The SMILES string of the molecule is CC(C)(C)C1CCC(C#N)C(n2cc(Cl)cn2)C1. The monoisotopic (exact) mass is 265 g/mol. The highest BCUT2D eigenvalue weighted by molar-refractivity contribution is 6.30. The fourth-order valence-electron chi connectivity index (χ4n) is 2.87. The summed E-state index contributed by atoms with van der Waals surface area (Å²) in [7, 11) is 0. The van der Waals surface area contributed by atoms with Crippen molar-refractivity contribution in [3.63, 3.8) is 0 Å². The first-order valence-corrected chi connectivity index (χ1v) is 6.89. The first-order chi connectivity index (χ1) is 8.41. The summed E-state index contributed by atoms with van der Waals surface area (Å²) >= 11 is 5.93. The van der Waals surface area contributed by atoms with Gasteiger partial charge in [-0.3, -0.25) is 4.68 Å². The van der Waals surface area contributed by atoms with Crippen molar-refractivity contribution < 1.29 is 0 Å². The Morgan fingerprint density at radius 3 is 2.67 bits per heavy atom. The molecule has 1 aliphatic carbocycles. The van der Waals surface area contributed by atoms with E-state index in [1.807, 2.05) is 10.9 Å². The average molecular weight is 266 g/mol. The van der Waals surface area contributed by atoms with Crippen molar-refractivity contribution in [1.29, 1.82) is 5.26 Å². The van der Waals surface area contributed by atoms with Gasteiger partial charge in [0.2, 0.25) is 0 Å². The third-order valence-electron chi connectivity index (χ3n) is 4.12. The second-order valence-corrected chi connectivity index (χ2v) is 6.75. The lowest BCUT2D eigenvalue weighted by molar-refractivity contribution is 0.116. The summed E-state index contributed by atoms with van der Waals surface area (Å²) in [5.74, 6) is 0.689. The molecule has 0 aliphatic heterocycles. The molecule has 4 heteroatoms. The lowest BCUT2D eigenvalue weighted by Gasteiger charge is -2.39. The minimum atomic E-state index is 0.0552. The fraction of sp³-hybridized carbons (Fsp3) is 0.714. The zero-order valence-electron chi connectivity index (χ0n) is 11.2. The maximum atomic E-state index is 9.29. The predicted molar refractivity (Wildman–Crippen MR) is 72.2 cm³/mol. The van der Waals surface area contributed by atoms with Gasteiger partial charge < -0.3 is 0 Å². The lowest BCUT2D eigenvalue weighted by Crippen LogP contribution is -2.33. The first-order valence-electron chi connectivity index (χ1n) is 6.51. The summed E-state index contributed by atoms with van der Waals surface area (Å²) in [6.07, 6.45) is 6.59. The highest BCUT2D eigenvalue weighted by Crippen LogP contribution is 2.44. The Balaban J connectivity index is 2.22. The molecular formula is C14H20ClN3. The summed E-state index contributed by atoms with van der Waals surface area (Å²) in [5, 5.41) is 14.2. The second kappa shape index (κ2) is 4.93. The molecule has 0 radical (unpaired) electrons. The Kier molecular flexibility index (Phi) is 3.68. The van der Waals surface area contributed by atoms with Crippen LogP contribution in [-0.4, -0.2) is 9.78 Å². The number of hydrogen-bond acceptors (Lipinski definition) is 2. The van der Waals surface area contributed by atoms with E-state index in [-0.39, 0.29) is 17.4 Å². The van der Waals surface area contributed by atoms with E-state index < -0.39 is 0 Å². The van der Waals surface area contributed by atoms with Crippen molar-refractivity contribution in [1.82, 2.24) is 9.78 Å². The standard InChI is InChI=1S/C14H20ClN3/c1-14(2,3)11-5-4-10(7-16)13(6-11)18-9-12(15)8-17-18/h8-11,13H,4-6H2,1-3H3. The number of halogens is 1. The molecule has 0 aromatic carbocycles. The molecule has 98 valence electrons. The molecule has 0 N–H and O–H groups in total. The van der Waals surface area contributed by atoms with E-state index in [2.05, 4.69) is 31.9 Å². The number of hydrogen-bond donors (Lipinski definition) is 0. The quantitative estimate of drug-likeness (QED) is 0.768. The van der Waals surface area contributed by atoms with E-state index in [1.54, 1.807) is 6.20 Å². The van der Waals surface area contributed by atoms with Gasteiger partial charge in [0.25, 0.3) is 0 Å². The van der Waals surface area contributed by atoms with Gasteiger partial charge in [0.1, 0.15) is 0 Å². The van der Waals surface area contributed by atoms with Crippen LogP contribution in [0.2, 0.25) is 5.02 Å². The van der Waals surface area contributed by atoms with Crippen LogP contribution in [0, 0.1) is 28.6 Å². The van der Waals surface area contributed by atoms with Crippen LogP contribution >= 0.6 is 11.6 Å². The Labute approximate surface area is 114 Å². The molecule has 0 saturated heterocycles. The normalized spacial score (nSPS) is 28.9. The van der Waals surface area contributed by atoms with Crippen LogP contribution in [0.3, 0.4) is 0 Å². The van der Waals surface area contributed by atoms with E-state index in [1.165, 1.54) is 0 Å². The molecule has 1 heterocycles. The average Bonchev–Trinajstić information content (AvgIpc) is 2.73. The highest BCUT2D eigenvalue weighted by Gasteiger charge is 2.37. The van der Waals surface area contributed by atoms with Gasteiger partial charge in [-0.15, -0.1) is 0 Å². The predicted octanol–water partition coefficient (Wildman–Crippen LogP) is 4.06. The zero-order chi connectivity index (χ0) is 13.3. The Morgan fingerprint density at radius 1 is 1.44 bits per heavy atom. The molecule has 2 rings (SSSR count). The Hall–Kier alpha value is -1.01. The van der Waals surface area contributed by atoms with Gasteiger partial charge in [-0.1, -0.05) is 32.4 Å². The number of nitriles is 1. The maximum Gasteiger partial charge on any atom is 0.0785 e. The lowest BCUT2D eigenvalue weighted by atomic mass is 9.68. The Bertz CT molecular complexity index is 452. The maximum absolute atomic E-state index is 9.29. The molecule has 1 fully saturated rings. The van der Waals surface area contributed by atoms with Crippen LogP contribution in [-0.2, 0) is 0 Å². The van der Waals surface area contributed by atoms with Crippen LogP contribution in [0.5, 0.6) is 0 Å². The minimum absolute atomic E-state index is 0.0552. The van der Waals surface area contributed by atoms with Gasteiger partial charge >= 0.3 is 0 Å². The third kappa shape index (κ3) is 2.70. The first kappa shape index (κ1) is 13.4. The van der Waals surface area contributed by atoms with Gasteiger partial charge in [0, 0.05) is 6.20 Å². The van der Waals surface area contributed by atoms with Crippen molar-refractivity contribution in [3.05, 3.63) is 17.4 Å². The van der Waals surface area contributed by atoms with Crippen LogP contribution in [0.25, 0.3) is 0 Å². The number of aromatic nitrogens is 2. The van der Waals surface area contributed by atoms with Gasteiger partial charge in [-0.05, 0) is 30.6 Å². The van der Waals surface area contributed by atoms with Crippen molar-refractivity contribution in [2.75, 3.05) is 0 Å². The number of rotatable bonds is 1. The van der Waals surface area contributed by atoms with Crippen molar-refractivity contribution >= 4 is 11.6 Å². The minimum Gasteiger partial charge on any atom is -0.267 e. The highest BCUT2D eigenvalue weighted by atomic mass is 35.5. The fourth-order valence-corrected chi connectivity index (χ4v) is 3.02. The second-order valence-electron chi connectivity index (χ2n) is 6.32. The van der Waals surface area contributed by atoms with Crippen molar-refractivity contribution in [3.8, 4) is 6.07 Å². The van der Waals surface area contributed by atoms with Gasteiger partial charge in [-0.2, -0.15) is 10.4 Å². The zero-order valence-corrected chi connectivity index (χ0v) is 12.0. The molecule has 0 amide bonds. The molecule has 1 aromatic rings. The summed E-state index contributed by atoms with van der Waals surface area (Å²) < 4.78 is 1.88. The molecule has 1 saturated carbocycles. The summed E-state index contributed by atoms with van der Waals surface area (Å²) in [6, 6.07) is 2.60. The summed E-state index contributed by atoms with van der Waals surface area (Å²) in [5.41, 5.74) is 0.287. The largest absolute Gasteiger partial charge is 0.267 e. The summed E-state index contributed by atoms with van der Waals surface area (Å²) in [4.78, 5) is 0. The van der Waals surface area contributed by atoms with E-state index >= 15 is 0 Å².